The summed E-state index contributed by atoms with van der Waals surface area (Å²) in [4.78, 5) is 0. The summed E-state index contributed by atoms with van der Waals surface area (Å²) in [5.74, 6) is 0. The molecule has 5 nitrogen and oxygen atoms in total. The Hall–Kier alpha value is -0.460. The first-order valence-electron chi connectivity index (χ1n) is 11.6. The molecule has 28 heavy (non-hydrogen) atoms. The minimum Gasteiger partial charge on any atom is -0.394 e. The van der Waals surface area contributed by atoms with Crippen LogP contribution in [-0.2, 0) is 9.47 Å². The number of aliphatic hydroxyl groups is 3. The van der Waals surface area contributed by atoms with Crippen molar-refractivity contribution in [2.75, 3.05) is 19.8 Å². The molecule has 0 amide bonds. The van der Waals surface area contributed by atoms with Gasteiger partial charge < -0.3 is 24.8 Å². The molecule has 0 aromatic carbocycles. The molecule has 0 aromatic rings. The molecule has 0 bridgehead atoms. The molecule has 0 aliphatic carbocycles. The highest BCUT2D eigenvalue weighted by Gasteiger charge is 2.40. The number of ether oxygens (including phenoxy) is 2. The summed E-state index contributed by atoms with van der Waals surface area (Å²) in [6.45, 7) is 2.70. The van der Waals surface area contributed by atoms with Crippen molar-refractivity contribution in [1.82, 2.24) is 0 Å². The third-order valence-electron chi connectivity index (χ3n) is 5.47. The average Bonchev–Trinajstić information content (AvgIpc) is 3.03. The number of hydrogen-bond donors (Lipinski definition) is 3. The predicted molar refractivity (Wildman–Crippen MR) is 113 cm³/mol. The molecule has 1 heterocycles. The molecule has 4 atom stereocenters. The molecule has 5 heteroatoms. The Morgan fingerprint density at radius 2 is 1.46 bits per heavy atom. The molecule has 1 saturated heterocycles. The fourth-order valence-corrected chi connectivity index (χ4v) is 3.61. The van der Waals surface area contributed by atoms with Gasteiger partial charge in [0.2, 0.25) is 0 Å². The van der Waals surface area contributed by atoms with Crippen LogP contribution in [0.15, 0.2) is 12.2 Å². The lowest BCUT2D eigenvalue weighted by Gasteiger charge is -2.24. The van der Waals surface area contributed by atoms with Crippen LogP contribution in [0.25, 0.3) is 0 Å². The fraction of sp³-hybridized carbons (Fsp3) is 0.913. The summed E-state index contributed by atoms with van der Waals surface area (Å²) in [7, 11) is 0. The van der Waals surface area contributed by atoms with Crippen molar-refractivity contribution in [3.63, 3.8) is 0 Å². The van der Waals surface area contributed by atoms with E-state index in [0.29, 0.717) is 6.61 Å². The lowest BCUT2D eigenvalue weighted by molar-refractivity contribution is -0.101. The van der Waals surface area contributed by atoms with Gasteiger partial charge in [-0.1, -0.05) is 70.4 Å². The largest absolute Gasteiger partial charge is 0.394 e. The van der Waals surface area contributed by atoms with Crippen LogP contribution in [0.1, 0.15) is 90.4 Å². The number of rotatable bonds is 18. The van der Waals surface area contributed by atoms with Gasteiger partial charge in [-0.25, -0.2) is 0 Å². The standard InChI is InChI=1S/C23H44O5/c1-2-3-4-5-6-7-8-9-10-11-12-13-14-15-16-17-27-21(18-24)23-22(26)20(25)19-28-23/h7-8,20-26H,2-6,9-19H2,1H3/b8-7+/t20-,21+,22-,23-/m1/s1. The van der Waals surface area contributed by atoms with Crippen molar-refractivity contribution in [3.05, 3.63) is 12.2 Å². The van der Waals surface area contributed by atoms with E-state index in [2.05, 4.69) is 19.1 Å². The van der Waals surface area contributed by atoms with Crippen LogP contribution >= 0.6 is 0 Å². The summed E-state index contributed by atoms with van der Waals surface area (Å²) in [6.07, 6.45) is 17.9. The molecular formula is C23H44O5. The molecule has 0 radical (unpaired) electrons. The van der Waals surface area contributed by atoms with E-state index in [9.17, 15) is 15.3 Å². The highest BCUT2D eigenvalue weighted by molar-refractivity contribution is 4.88. The van der Waals surface area contributed by atoms with Crippen molar-refractivity contribution in [2.24, 2.45) is 0 Å². The Morgan fingerprint density at radius 3 is 2.00 bits per heavy atom. The highest BCUT2D eigenvalue weighted by Crippen LogP contribution is 2.20. The monoisotopic (exact) mass is 400 g/mol. The molecule has 1 aliphatic heterocycles. The van der Waals surface area contributed by atoms with E-state index in [1.807, 2.05) is 0 Å². The van der Waals surface area contributed by atoms with E-state index in [1.165, 1.54) is 70.6 Å². The highest BCUT2D eigenvalue weighted by atomic mass is 16.6. The summed E-state index contributed by atoms with van der Waals surface area (Å²) >= 11 is 0. The second kappa shape index (κ2) is 17.4. The molecule has 0 saturated carbocycles. The second-order valence-electron chi connectivity index (χ2n) is 8.03. The normalized spacial score (nSPS) is 23.6. The van der Waals surface area contributed by atoms with E-state index in [-0.39, 0.29) is 13.2 Å². The van der Waals surface area contributed by atoms with Gasteiger partial charge in [-0.3, -0.25) is 0 Å². The molecular weight excluding hydrogens is 356 g/mol. The Labute approximate surface area is 172 Å². The number of allylic oxidation sites excluding steroid dienone is 2. The van der Waals surface area contributed by atoms with Crippen LogP contribution in [0.3, 0.4) is 0 Å². The third kappa shape index (κ3) is 11.5. The molecule has 3 N–H and O–H groups in total. The first kappa shape index (κ1) is 25.6. The Kier molecular flexibility index (Phi) is 15.9. The van der Waals surface area contributed by atoms with Gasteiger partial charge in [-0.2, -0.15) is 0 Å². The summed E-state index contributed by atoms with van der Waals surface area (Å²) < 4.78 is 11.0. The van der Waals surface area contributed by atoms with Crippen molar-refractivity contribution in [3.8, 4) is 0 Å². The van der Waals surface area contributed by atoms with Gasteiger partial charge in [-0.05, 0) is 32.1 Å². The summed E-state index contributed by atoms with van der Waals surface area (Å²) in [5, 5.41) is 28.7. The first-order valence-corrected chi connectivity index (χ1v) is 11.6. The van der Waals surface area contributed by atoms with Gasteiger partial charge in [0.15, 0.2) is 0 Å². The summed E-state index contributed by atoms with van der Waals surface area (Å²) in [6, 6.07) is 0. The van der Waals surface area contributed by atoms with E-state index in [0.717, 1.165) is 12.8 Å². The van der Waals surface area contributed by atoms with Gasteiger partial charge in [0, 0.05) is 6.61 Å². The Bertz CT molecular complexity index is 374. The quantitative estimate of drug-likeness (QED) is 0.238. The fourth-order valence-electron chi connectivity index (χ4n) is 3.61. The lowest BCUT2D eigenvalue weighted by atomic mass is 10.1. The van der Waals surface area contributed by atoms with Crippen molar-refractivity contribution in [2.45, 2.75) is 115 Å². The second-order valence-corrected chi connectivity index (χ2v) is 8.03. The molecule has 1 aliphatic rings. The molecule has 0 unspecified atom stereocenters. The molecule has 0 spiro atoms. The molecule has 166 valence electrons. The van der Waals surface area contributed by atoms with E-state index >= 15 is 0 Å². The zero-order valence-electron chi connectivity index (χ0n) is 17.9. The van der Waals surface area contributed by atoms with Crippen LogP contribution < -0.4 is 0 Å². The number of aliphatic hydroxyl groups excluding tert-OH is 3. The number of unbranched alkanes of at least 4 members (excludes halogenated alkanes) is 11. The van der Waals surface area contributed by atoms with Gasteiger partial charge in [-0.15, -0.1) is 0 Å². The average molecular weight is 401 g/mol. The minimum absolute atomic E-state index is 0.0977. The summed E-state index contributed by atoms with van der Waals surface area (Å²) in [5.41, 5.74) is 0. The van der Waals surface area contributed by atoms with Crippen LogP contribution in [0, 0.1) is 0 Å². The molecule has 1 rings (SSSR count). The maximum Gasteiger partial charge on any atom is 0.114 e. The van der Waals surface area contributed by atoms with Gasteiger partial charge >= 0.3 is 0 Å². The molecule has 0 aromatic heterocycles. The van der Waals surface area contributed by atoms with E-state index in [4.69, 9.17) is 9.47 Å². The van der Waals surface area contributed by atoms with Crippen LogP contribution in [-0.4, -0.2) is 59.6 Å². The van der Waals surface area contributed by atoms with Crippen LogP contribution in [0.2, 0.25) is 0 Å². The van der Waals surface area contributed by atoms with Gasteiger partial charge in [0.25, 0.3) is 0 Å². The van der Waals surface area contributed by atoms with E-state index < -0.39 is 24.4 Å². The van der Waals surface area contributed by atoms with Crippen LogP contribution in [0.5, 0.6) is 0 Å². The zero-order chi connectivity index (χ0) is 20.5. The van der Waals surface area contributed by atoms with Gasteiger partial charge in [0.05, 0.1) is 13.2 Å². The minimum atomic E-state index is -0.979. The van der Waals surface area contributed by atoms with Gasteiger partial charge in [0.1, 0.15) is 24.4 Å². The van der Waals surface area contributed by atoms with Crippen molar-refractivity contribution in [1.29, 1.82) is 0 Å². The van der Waals surface area contributed by atoms with Crippen LogP contribution in [0.4, 0.5) is 0 Å². The third-order valence-corrected chi connectivity index (χ3v) is 5.47. The smallest absolute Gasteiger partial charge is 0.114 e. The topological polar surface area (TPSA) is 79.2 Å². The lowest BCUT2D eigenvalue weighted by Crippen LogP contribution is -2.42. The zero-order valence-corrected chi connectivity index (χ0v) is 17.9. The SMILES string of the molecule is CCCCCC/C=C/CCCCCCCCCO[C@@H](CO)[C@H]1OC[C@@H](O)[C@H]1O. The maximum atomic E-state index is 9.82. The van der Waals surface area contributed by atoms with E-state index in [1.54, 1.807) is 0 Å². The number of hydrogen-bond acceptors (Lipinski definition) is 5. The predicted octanol–water partition coefficient (Wildman–Crippen LogP) is 4.13. The van der Waals surface area contributed by atoms with Crippen molar-refractivity contribution >= 4 is 0 Å². The first-order chi connectivity index (χ1) is 13.7. The molecule has 1 fully saturated rings. The van der Waals surface area contributed by atoms with Crippen molar-refractivity contribution < 1.29 is 24.8 Å². The Morgan fingerprint density at radius 1 is 0.893 bits per heavy atom. The maximum absolute atomic E-state index is 9.82. The Balaban J connectivity index is 1.87.